The number of nitrogens with one attached hydrogen (secondary N) is 2. The Balaban J connectivity index is 2.02. The maximum absolute atomic E-state index is 12.8. The van der Waals surface area contributed by atoms with Crippen LogP contribution in [0.3, 0.4) is 0 Å². The van der Waals surface area contributed by atoms with Crippen molar-refractivity contribution in [2.45, 2.75) is 13.8 Å². The highest BCUT2D eigenvalue weighted by molar-refractivity contribution is 5.99. The van der Waals surface area contributed by atoms with Gasteiger partial charge in [-0.2, -0.15) is 0 Å². The molecule has 2 amide bonds. The van der Waals surface area contributed by atoms with E-state index in [4.69, 9.17) is 0 Å². The molecule has 0 fully saturated rings. The zero-order valence-corrected chi connectivity index (χ0v) is 11.7. The Labute approximate surface area is 122 Å². The summed E-state index contributed by atoms with van der Waals surface area (Å²) in [4.78, 5) is 23.8. The summed E-state index contributed by atoms with van der Waals surface area (Å²) in [6, 6.07) is 10.4. The van der Waals surface area contributed by atoms with Crippen molar-refractivity contribution < 1.29 is 14.0 Å². The Kier molecular flexibility index (Phi) is 4.33. The van der Waals surface area contributed by atoms with Crippen LogP contribution in [0.1, 0.15) is 31.8 Å². The molecule has 0 radical (unpaired) electrons. The zero-order chi connectivity index (χ0) is 15.4. The number of benzene rings is 2. The van der Waals surface area contributed by atoms with Crippen molar-refractivity contribution in [3.63, 3.8) is 0 Å². The molecule has 5 heteroatoms. The second-order valence-electron chi connectivity index (χ2n) is 4.66. The first-order chi connectivity index (χ1) is 9.99. The van der Waals surface area contributed by atoms with E-state index in [1.807, 2.05) is 19.9 Å². The fourth-order valence-electron chi connectivity index (χ4n) is 1.85. The summed E-state index contributed by atoms with van der Waals surface area (Å²) in [5.74, 6) is -1.33. The molecule has 108 valence electrons. The van der Waals surface area contributed by atoms with Crippen molar-refractivity contribution in [3.8, 4) is 0 Å². The van der Waals surface area contributed by atoms with Gasteiger partial charge in [0.25, 0.3) is 11.8 Å². The van der Waals surface area contributed by atoms with Crippen LogP contribution in [0.25, 0.3) is 0 Å². The normalized spacial score (nSPS) is 10.0. The number of hydrazine groups is 1. The summed E-state index contributed by atoms with van der Waals surface area (Å²) >= 11 is 0. The van der Waals surface area contributed by atoms with Crippen LogP contribution in [0.5, 0.6) is 0 Å². The maximum Gasteiger partial charge on any atom is 0.269 e. The van der Waals surface area contributed by atoms with Gasteiger partial charge in [-0.15, -0.1) is 0 Å². The molecule has 0 unspecified atom stereocenters. The third-order valence-corrected chi connectivity index (χ3v) is 3.25. The number of hydrogen-bond donors (Lipinski definition) is 2. The highest BCUT2D eigenvalue weighted by Crippen LogP contribution is 2.12. The van der Waals surface area contributed by atoms with Gasteiger partial charge in [0.15, 0.2) is 0 Å². The van der Waals surface area contributed by atoms with Crippen LogP contribution in [0.2, 0.25) is 0 Å². The van der Waals surface area contributed by atoms with Gasteiger partial charge in [-0.3, -0.25) is 20.4 Å². The first-order valence-corrected chi connectivity index (χ1v) is 6.41. The van der Waals surface area contributed by atoms with Gasteiger partial charge >= 0.3 is 0 Å². The predicted octanol–water partition coefficient (Wildman–Crippen LogP) is 2.52. The third kappa shape index (κ3) is 3.45. The summed E-state index contributed by atoms with van der Waals surface area (Å²) in [6.45, 7) is 3.75. The molecule has 0 aromatic heterocycles. The maximum atomic E-state index is 12.8. The quantitative estimate of drug-likeness (QED) is 0.833. The van der Waals surface area contributed by atoms with E-state index in [1.54, 1.807) is 12.1 Å². The minimum atomic E-state index is -0.506. The lowest BCUT2D eigenvalue weighted by Crippen LogP contribution is -2.41. The van der Waals surface area contributed by atoms with Gasteiger partial charge < -0.3 is 0 Å². The molecule has 0 aliphatic rings. The Morgan fingerprint density at radius 3 is 2.19 bits per heavy atom. The monoisotopic (exact) mass is 286 g/mol. The van der Waals surface area contributed by atoms with Crippen molar-refractivity contribution in [2.75, 3.05) is 0 Å². The highest BCUT2D eigenvalue weighted by Gasteiger charge is 2.11. The van der Waals surface area contributed by atoms with Crippen LogP contribution >= 0.6 is 0 Å². The Bertz CT molecular complexity index is 681. The van der Waals surface area contributed by atoms with E-state index in [0.717, 1.165) is 11.1 Å². The van der Waals surface area contributed by atoms with E-state index in [0.29, 0.717) is 5.56 Å². The van der Waals surface area contributed by atoms with E-state index in [-0.39, 0.29) is 5.56 Å². The molecule has 2 N–H and O–H groups in total. The lowest BCUT2D eigenvalue weighted by Gasteiger charge is -2.10. The second-order valence-corrected chi connectivity index (χ2v) is 4.66. The molecule has 0 bridgehead atoms. The van der Waals surface area contributed by atoms with Gasteiger partial charge in [-0.1, -0.05) is 12.1 Å². The third-order valence-electron chi connectivity index (χ3n) is 3.25. The highest BCUT2D eigenvalue weighted by atomic mass is 19.1. The van der Waals surface area contributed by atoms with Crippen molar-refractivity contribution in [1.29, 1.82) is 0 Å². The largest absolute Gasteiger partial charge is 0.269 e. The summed E-state index contributed by atoms with van der Waals surface area (Å²) < 4.78 is 12.8. The van der Waals surface area contributed by atoms with E-state index in [1.165, 1.54) is 24.3 Å². The van der Waals surface area contributed by atoms with Crippen LogP contribution in [0.4, 0.5) is 4.39 Å². The van der Waals surface area contributed by atoms with E-state index in [2.05, 4.69) is 10.9 Å². The average Bonchev–Trinajstić information content (AvgIpc) is 2.48. The van der Waals surface area contributed by atoms with Gasteiger partial charge in [0, 0.05) is 11.1 Å². The van der Waals surface area contributed by atoms with Crippen LogP contribution in [-0.2, 0) is 0 Å². The molecule has 2 aromatic carbocycles. The number of hydrogen-bond acceptors (Lipinski definition) is 2. The molecule has 4 nitrogen and oxygen atoms in total. The first-order valence-electron chi connectivity index (χ1n) is 6.41. The van der Waals surface area contributed by atoms with E-state index < -0.39 is 17.6 Å². The topological polar surface area (TPSA) is 58.2 Å². The van der Waals surface area contributed by atoms with Crippen LogP contribution in [-0.4, -0.2) is 11.8 Å². The smallest absolute Gasteiger partial charge is 0.267 e. The second kappa shape index (κ2) is 6.17. The van der Waals surface area contributed by atoms with Crippen LogP contribution in [0.15, 0.2) is 42.5 Å². The molecule has 0 atom stereocenters. The molecule has 0 spiro atoms. The average molecular weight is 286 g/mol. The number of aryl methyl sites for hydroxylation is 1. The summed E-state index contributed by atoms with van der Waals surface area (Å²) in [5, 5.41) is 0. The minimum Gasteiger partial charge on any atom is -0.267 e. The lowest BCUT2D eigenvalue weighted by molar-refractivity contribution is 0.0846. The molecular weight excluding hydrogens is 271 g/mol. The molecule has 2 aromatic rings. The van der Waals surface area contributed by atoms with Gasteiger partial charge in [0.05, 0.1) is 0 Å². The number of carbonyl (C=O) groups excluding carboxylic acids is 2. The lowest BCUT2D eigenvalue weighted by atomic mass is 10.0. The number of amides is 2. The summed E-state index contributed by atoms with van der Waals surface area (Å²) in [6.07, 6.45) is 0. The molecular formula is C16H15FN2O2. The summed E-state index contributed by atoms with van der Waals surface area (Å²) in [7, 11) is 0. The number of rotatable bonds is 2. The van der Waals surface area contributed by atoms with E-state index in [9.17, 15) is 14.0 Å². The van der Waals surface area contributed by atoms with Gasteiger partial charge in [-0.05, 0) is 55.3 Å². The molecule has 0 heterocycles. The van der Waals surface area contributed by atoms with E-state index >= 15 is 0 Å². The first kappa shape index (κ1) is 14.7. The molecule has 0 saturated carbocycles. The molecule has 0 saturated heterocycles. The number of carbonyl (C=O) groups is 2. The van der Waals surface area contributed by atoms with Crippen molar-refractivity contribution in [2.24, 2.45) is 0 Å². The SMILES string of the molecule is Cc1cccc(C(=O)NNC(=O)c2ccc(F)cc2)c1C. The Morgan fingerprint density at radius 2 is 1.52 bits per heavy atom. The Hall–Kier alpha value is -2.69. The van der Waals surface area contributed by atoms with Crippen molar-refractivity contribution in [1.82, 2.24) is 10.9 Å². The van der Waals surface area contributed by atoms with Crippen LogP contribution < -0.4 is 10.9 Å². The van der Waals surface area contributed by atoms with Crippen LogP contribution in [0, 0.1) is 19.7 Å². The van der Waals surface area contributed by atoms with Crippen molar-refractivity contribution in [3.05, 3.63) is 70.5 Å². The summed E-state index contributed by atoms with van der Waals surface area (Å²) in [5.41, 5.74) is 7.25. The fourth-order valence-corrected chi connectivity index (χ4v) is 1.85. The predicted molar refractivity (Wildman–Crippen MR) is 77.2 cm³/mol. The van der Waals surface area contributed by atoms with Crippen molar-refractivity contribution >= 4 is 11.8 Å². The molecule has 21 heavy (non-hydrogen) atoms. The molecule has 0 aliphatic carbocycles. The Morgan fingerprint density at radius 1 is 0.905 bits per heavy atom. The van der Waals surface area contributed by atoms with Gasteiger partial charge in [0.2, 0.25) is 0 Å². The standard InChI is InChI=1S/C16H15FN2O2/c1-10-4-3-5-14(11(10)2)16(21)19-18-15(20)12-6-8-13(17)9-7-12/h3-9H,1-2H3,(H,18,20)(H,19,21). The fraction of sp³-hybridized carbons (Fsp3) is 0.125. The minimum absolute atomic E-state index is 0.262. The molecule has 0 aliphatic heterocycles. The van der Waals surface area contributed by atoms with Gasteiger partial charge in [0.1, 0.15) is 5.82 Å². The number of halogens is 1. The van der Waals surface area contributed by atoms with Gasteiger partial charge in [-0.25, -0.2) is 4.39 Å². The zero-order valence-electron chi connectivity index (χ0n) is 11.7. The molecule has 2 rings (SSSR count).